The summed E-state index contributed by atoms with van der Waals surface area (Å²) in [4.78, 5) is 12.4. The molecule has 21 heavy (non-hydrogen) atoms. The predicted molar refractivity (Wildman–Crippen MR) is 85.8 cm³/mol. The molecule has 1 aliphatic rings. The van der Waals surface area contributed by atoms with Crippen molar-refractivity contribution in [3.05, 3.63) is 23.2 Å². The maximum Gasteiger partial charge on any atom is 0.229 e. The Morgan fingerprint density at radius 2 is 2.19 bits per heavy atom. The van der Waals surface area contributed by atoms with E-state index in [4.69, 9.17) is 22.1 Å². The normalized spacial score (nSPS) is 21.9. The first-order valence-electron chi connectivity index (χ1n) is 7.60. The maximum absolute atomic E-state index is 12.4. The molecule has 1 aromatic rings. The van der Waals surface area contributed by atoms with Crippen molar-refractivity contribution in [2.75, 3.05) is 11.9 Å². The zero-order valence-electron chi connectivity index (χ0n) is 12.4. The second kappa shape index (κ2) is 7.66. The van der Waals surface area contributed by atoms with E-state index in [-0.39, 0.29) is 17.9 Å². The molecule has 4 nitrogen and oxygen atoms in total. The van der Waals surface area contributed by atoms with Gasteiger partial charge in [-0.05, 0) is 37.5 Å². The summed E-state index contributed by atoms with van der Waals surface area (Å²) >= 11 is 6.02. The lowest BCUT2D eigenvalue weighted by molar-refractivity contribution is -0.121. The number of nitrogens with one attached hydrogen (secondary N) is 1. The van der Waals surface area contributed by atoms with E-state index in [1.54, 1.807) is 18.2 Å². The van der Waals surface area contributed by atoms with Crippen molar-refractivity contribution in [1.82, 2.24) is 0 Å². The van der Waals surface area contributed by atoms with E-state index >= 15 is 0 Å². The molecule has 0 aliphatic heterocycles. The van der Waals surface area contributed by atoms with Gasteiger partial charge in [0.1, 0.15) is 5.75 Å². The molecule has 0 heterocycles. The summed E-state index contributed by atoms with van der Waals surface area (Å²) in [7, 11) is 0. The Bertz CT molecular complexity index is 493. The zero-order chi connectivity index (χ0) is 15.2. The van der Waals surface area contributed by atoms with Crippen molar-refractivity contribution in [3.63, 3.8) is 0 Å². The molecular formula is C16H23ClN2O2. The van der Waals surface area contributed by atoms with E-state index in [1.807, 2.05) is 6.92 Å². The highest BCUT2D eigenvalue weighted by Crippen LogP contribution is 2.30. The number of ether oxygens (including phenoxy) is 1. The van der Waals surface area contributed by atoms with Gasteiger partial charge in [0, 0.05) is 11.1 Å². The van der Waals surface area contributed by atoms with Crippen molar-refractivity contribution < 1.29 is 9.53 Å². The van der Waals surface area contributed by atoms with E-state index < -0.39 is 0 Å². The van der Waals surface area contributed by atoms with Gasteiger partial charge in [0.25, 0.3) is 0 Å². The number of halogens is 1. The van der Waals surface area contributed by atoms with Crippen LogP contribution in [0.5, 0.6) is 5.75 Å². The minimum Gasteiger partial charge on any atom is -0.491 e. The van der Waals surface area contributed by atoms with Gasteiger partial charge in [0.05, 0.1) is 18.2 Å². The molecule has 1 saturated carbocycles. The second-order valence-corrected chi connectivity index (χ2v) is 5.97. The Labute approximate surface area is 131 Å². The summed E-state index contributed by atoms with van der Waals surface area (Å²) in [5.41, 5.74) is 6.69. The average Bonchev–Trinajstić information content (AvgIpc) is 2.47. The zero-order valence-corrected chi connectivity index (χ0v) is 13.2. The molecule has 2 unspecified atom stereocenters. The standard InChI is InChI=1S/C16H23ClN2O2/c1-2-9-21-15-8-7-11(17)10-14(15)19-16(20)12-5-3-4-6-13(12)18/h7-8,10,12-13H,2-6,9,18H2,1H3,(H,19,20). The third-order valence-electron chi connectivity index (χ3n) is 3.82. The van der Waals surface area contributed by atoms with Crippen molar-refractivity contribution >= 4 is 23.2 Å². The van der Waals surface area contributed by atoms with Gasteiger partial charge < -0.3 is 15.8 Å². The largest absolute Gasteiger partial charge is 0.491 e. The van der Waals surface area contributed by atoms with Crippen LogP contribution in [0.25, 0.3) is 0 Å². The molecule has 0 saturated heterocycles. The number of nitrogens with two attached hydrogens (primary N) is 1. The number of hydrogen-bond acceptors (Lipinski definition) is 3. The van der Waals surface area contributed by atoms with Crippen molar-refractivity contribution in [2.45, 2.75) is 45.1 Å². The summed E-state index contributed by atoms with van der Waals surface area (Å²) < 4.78 is 5.65. The van der Waals surface area contributed by atoms with Crippen LogP contribution in [0.1, 0.15) is 39.0 Å². The molecule has 1 fully saturated rings. The second-order valence-electron chi connectivity index (χ2n) is 5.53. The Morgan fingerprint density at radius 1 is 1.43 bits per heavy atom. The third kappa shape index (κ3) is 4.35. The first kappa shape index (κ1) is 16.1. The molecule has 0 spiro atoms. The van der Waals surface area contributed by atoms with Gasteiger partial charge in [-0.15, -0.1) is 0 Å². The summed E-state index contributed by atoms with van der Waals surface area (Å²) in [6.45, 7) is 2.64. The van der Waals surface area contributed by atoms with Gasteiger partial charge in [-0.3, -0.25) is 4.79 Å². The van der Waals surface area contributed by atoms with Gasteiger partial charge in [-0.2, -0.15) is 0 Å². The van der Waals surface area contributed by atoms with E-state index in [0.29, 0.717) is 23.1 Å². The summed E-state index contributed by atoms with van der Waals surface area (Å²) in [5, 5.41) is 3.50. The smallest absolute Gasteiger partial charge is 0.229 e. The molecule has 116 valence electrons. The molecule has 1 aromatic carbocycles. The highest BCUT2D eigenvalue weighted by Gasteiger charge is 2.28. The SMILES string of the molecule is CCCOc1ccc(Cl)cc1NC(=O)C1CCCCC1N. The van der Waals surface area contributed by atoms with Crippen LogP contribution in [0.3, 0.4) is 0 Å². The summed E-state index contributed by atoms with van der Waals surface area (Å²) in [6.07, 6.45) is 4.82. The summed E-state index contributed by atoms with van der Waals surface area (Å²) in [6, 6.07) is 5.21. The quantitative estimate of drug-likeness (QED) is 0.873. The number of amides is 1. The first-order chi connectivity index (χ1) is 10.1. The monoisotopic (exact) mass is 310 g/mol. The van der Waals surface area contributed by atoms with Crippen molar-refractivity contribution in [2.24, 2.45) is 11.7 Å². The number of anilines is 1. The Morgan fingerprint density at radius 3 is 2.90 bits per heavy atom. The fraction of sp³-hybridized carbons (Fsp3) is 0.562. The lowest BCUT2D eigenvalue weighted by Gasteiger charge is -2.27. The maximum atomic E-state index is 12.4. The number of carbonyl (C=O) groups is 1. The number of benzene rings is 1. The highest BCUT2D eigenvalue weighted by atomic mass is 35.5. The van der Waals surface area contributed by atoms with Crippen LogP contribution in [0.2, 0.25) is 5.02 Å². The van der Waals surface area contributed by atoms with E-state index in [2.05, 4.69) is 5.32 Å². The fourth-order valence-electron chi connectivity index (χ4n) is 2.65. The molecule has 1 aliphatic carbocycles. The molecule has 0 aromatic heterocycles. The molecule has 2 atom stereocenters. The fourth-order valence-corrected chi connectivity index (χ4v) is 2.82. The molecule has 0 bridgehead atoms. The minimum absolute atomic E-state index is 0.0363. The minimum atomic E-state index is -0.128. The van der Waals surface area contributed by atoms with Crippen LogP contribution in [0.4, 0.5) is 5.69 Å². The van der Waals surface area contributed by atoms with Gasteiger partial charge >= 0.3 is 0 Å². The van der Waals surface area contributed by atoms with Crippen LogP contribution in [0.15, 0.2) is 18.2 Å². The molecular weight excluding hydrogens is 288 g/mol. The molecule has 5 heteroatoms. The van der Waals surface area contributed by atoms with Crippen LogP contribution in [-0.4, -0.2) is 18.6 Å². The highest BCUT2D eigenvalue weighted by molar-refractivity contribution is 6.31. The van der Waals surface area contributed by atoms with Crippen LogP contribution < -0.4 is 15.8 Å². The molecule has 2 rings (SSSR count). The number of rotatable bonds is 5. The lowest BCUT2D eigenvalue weighted by atomic mass is 9.84. The van der Waals surface area contributed by atoms with Gasteiger partial charge in [-0.1, -0.05) is 31.4 Å². The molecule has 3 N–H and O–H groups in total. The number of hydrogen-bond donors (Lipinski definition) is 2. The average molecular weight is 311 g/mol. The third-order valence-corrected chi connectivity index (χ3v) is 4.05. The van der Waals surface area contributed by atoms with E-state index in [0.717, 1.165) is 32.1 Å². The Hall–Kier alpha value is -1.26. The first-order valence-corrected chi connectivity index (χ1v) is 7.98. The van der Waals surface area contributed by atoms with Gasteiger partial charge in [0.2, 0.25) is 5.91 Å². The summed E-state index contributed by atoms with van der Waals surface area (Å²) in [5.74, 6) is 0.488. The Balaban J connectivity index is 2.10. The van der Waals surface area contributed by atoms with Crippen molar-refractivity contribution in [3.8, 4) is 5.75 Å². The van der Waals surface area contributed by atoms with E-state index in [9.17, 15) is 4.79 Å². The molecule has 1 amide bonds. The van der Waals surface area contributed by atoms with Gasteiger partial charge in [-0.25, -0.2) is 0 Å². The topological polar surface area (TPSA) is 64.3 Å². The number of carbonyl (C=O) groups excluding carboxylic acids is 1. The van der Waals surface area contributed by atoms with Crippen LogP contribution in [0, 0.1) is 5.92 Å². The molecule has 0 radical (unpaired) electrons. The Kier molecular flexibility index (Phi) is 5.88. The lowest BCUT2D eigenvalue weighted by Crippen LogP contribution is -2.40. The van der Waals surface area contributed by atoms with Crippen LogP contribution in [-0.2, 0) is 4.79 Å². The van der Waals surface area contributed by atoms with Crippen molar-refractivity contribution in [1.29, 1.82) is 0 Å². The van der Waals surface area contributed by atoms with Crippen LogP contribution >= 0.6 is 11.6 Å². The predicted octanol–water partition coefficient (Wildman–Crippen LogP) is 3.58. The van der Waals surface area contributed by atoms with E-state index in [1.165, 1.54) is 0 Å². The van der Waals surface area contributed by atoms with Gasteiger partial charge in [0.15, 0.2) is 0 Å².